The minimum Gasteiger partial charge on any atom is -0.295 e. The monoisotopic (exact) mass is 454 g/mol. The van der Waals surface area contributed by atoms with Crippen LogP contribution in [0.4, 0.5) is 0 Å². The lowest BCUT2D eigenvalue weighted by atomic mass is 10.0. The Hall–Kier alpha value is -0.300. The number of hydrogen-bond donors (Lipinski definition) is 0. The Labute approximate surface area is 201 Å². The molecule has 0 saturated heterocycles. The predicted octanol–water partition coefficient (Wildman–Crippen LogP) is 10.7. The van der Waals surface area contributed by atoms with Crippen molar-refractivity contribution in [2.24, 2.45) is 0 Å². The van der Waals surface area contributed by atoms with Crippen LogP contribution in [-0.4, -0.2) is 11.7 Å². The second-order valence-corrected chi connectivity index (χ2v) is 9.90. The summed E-state index contributed by atoms with van der Waals surface area (Å²) in [6.45, 7) is 2.29. The highest BCUT2D eigenvalue weighted by Crippen LogP contribution is 2.14. The van der Waals surface area contributed by atoms with Crippen LogP contribution in [0.15, 0.2) is 12.2 Å². The largest absolute Gasteiger partial charge is 0.295 e. The maximum atomic E-state index is 11.8. The van der Waals surface area contributed by atoms with Gasteiger partial charge < -0.3 is 0 Å². The first-order valence-corrected chi connectivity index (χ1v) is 14.6. The molecule has 184 valence electrons. The molecule has 0 aromatic rings. The third kappa shape index (κ3) is 27.7. The van der Waals surface area contributed by atoms with E-state index in [9.17, 15) is 4.79 Å². The molecule has 0 aliphatic heterocycles. The summed E-state index contributed by atoms with van der Waals surface area (Å²) in [6, 6.07) is 0. The molecule has 0 aliphatic carbocycles. The molecular formula is C29H55ClO. The first-order valence-electron chi connectivity index (χ1n) is 14.1. The zero-order valence-electron chi connectivity index (χ0n) is 21.1. The van der Waals surface area contributed by atoms with Gasteiger partial charge in [-0.05, 0) is 31.8 Å². The first kappa shape index (κ1) is 30.7. The molecule has 0 bridgehead atoms. The molecule has 0 aromatic heterocycles. The lowest BCUT2D eigenvalue weighted by Crippen LogP contribution is -1.92. The number of ketones is 1. The zero-order chi connectivity index (χ0) is 22.7. The predicted molar refractivity (Wildman–Crippen MR) is 141 cm³/mol. The van der Waals surface area contributed by atoms with Crippen LogP contribution in [-0.2, 0) is 4.79 Å². The van der Waals surface area contributed by atoms with Crippen LogP contribution in [0.2, 0.25) is 0 Å². The van der Waals surface area contributed by atoms with Crippen LogP contribution in [0.3, 0.4) is 0 Å². The SMILES string of the molecule is CCCCCCCCCCCCCCCCCCCCC=CC(=O)CCCCCCCl. The molecule has 0 rings (SSSR count). The minimum absolute atomic E-state index is 0.299. The van der Waals surface area contributed by atoms with Crippen LogP contribution in [0, 0.1) is 0 Å². The highest BCUT2D eigenvalue weighted by Gasteiger charge is 1.97. The van der Waals surface area contributed by atoms with Crippen molar-refractivity contribution in [2.45, 2.75) is 161 Å². The van der Waals surface area contributed by atoms with Gasteiger partial charge in [-0.2, -0.15) is 0 Å². The number of carbonyl (C=O) groups is 1. The van der Waals surface area contributed by atoms with Gasteiger partial charge in [0, 0.05) is 12.3 Å². The molecule has 0 saturated carbocycles. The first-order chi connectivity index (χ1) is 15.3. The second-order valence-electron chi connectivity index (χ2n) is 9.52. The molecule has 0 atom stereocenters. The van der Waals surface area contributed by atoms with Crippen molar-refractivity contribution in [1.29, 1.82) is 0 Å². The quantitative estimate of drug-likeness (QED) is 0.0720. The Morgan fingerprint density at radius 1 is 0.548 bits per heavy atom. The number of rotatable bonds is 26. The van der Waals surface area contributed by atoms with Gasteiger partial charge in [-0.15, -0.1) is 11.6 Å². The summed E-state index contributed by atoms with van der Waals surface area (Å²) in [6.07, 6.45) is 35.5. The lowest BCUT2D eigenvalue weighted by Gasteiger charge is -2.03. The number of halogens is 1. The number of unbranched alkanes of at least 4 members (excludes halogenated alkanes) is 21. The molecule has 0 fully saturated rings. The van der Waals surface area contributed by atoms with Crippen molar-refractivity contribution >= 4 is 17.4 Å². The van der Waals surface area contributed by atoms with E-state index >= 15 is 0 Å². The molecule has 0 amide bonds. The van der Waals surface area contributed by atoms with Gasteiger partial charge in [0.05, 0.1) is 0 Å². The molecule has 0 N–H and O–H groups in total. The zero-order valence-corrected chi connectivity index (χ0v) is 21.9. The van der Waals surface area contributed by atoms with Crippen LogP contribution < -0.4 is 0 Å². The summed E-state index contributed by atoms with van der Waals surface area (Å²) in [5.74, 6) is 1.04. The Kier molecular flexibility index (Phi) is 27.5. The highest BCUT2D eigenvalue weighted by atomic mass is 35.5. The second kappa shape index (κ2) is 27.7. The average Bonchev–Trinajstić information content (AvgIpc) is 2.77. The van der Waals surface area contributed by atoms with Gasteiger partial charge in [0.25, 0.3) is 0 Å². The summed E-state index contributed by atoms with van der Waals surface area (Å²) >= 11 is 5.66. The number of alkyl halides is 1. The Morgan fingerprint density at radius 2 is 0.935 bits per heavy atom. The molecule has 2 heteroatoms. The fraction of sp³-hybridized carbons (Fsp3) is 0.897. The molecule has 0 aromatic carbocycles. The Morgan fingerprint density at radius 3 is 1.39 bits per heavy atom. The molecule has 0 radical (unpaired) electrons. The van der Waals surface area contributed by atoms with E-state index in [1.165, 1.54) is 116 Å². The van der Waals surface area contributed by atoms with Gasteiger partial charge >= 0.3 is 0 Å². The van der Waals surface area contributed by atoms with Crippen molar-refractivity contribution in [3.05, 3.63) is 12.2 Å². The van der Waals surface area contributed by atoms with E-state index in [1.54, 1.807) is 0 Å². The van der Waals surface area contributed by atoms with Crippen LogP contribution in [0.5, 0.6) is 0 Å². The standard InChI is InChI=1S/C29H55ClO/c1-2-3-4-5-6-7-8-9-10-11-12-13-14-15-16-17-18-19-20-23-26-29(31)27-24-21-22-25-28-30/h23,26H,2-22,24-25,27-28H2,1H3. The highest BCUT2D eigenvalue weighted by molar-refractivity contribution is 6.17. The Bertz CT molecular complexity index is 377. The van der Waals surface area contributed by atoms with Crippen LogP contribution in [0.25, 0.3) is 0 Å². The fourth-order valence-corrected chi connectivity index (χ4v) is 4.40. The molecule has 0 heterocycles. The van der Waals surface area contributed by atoms with Crippen molar-refractivity contribution < 1.29 is 4.79 Å². The van der Waals surface area contributed by atoms with Crippen molar-refractivity contribution in [3.63, 3.8) is 0 Å². The smallest absolute Gasteiger partial charge is 0.155 e. The summed E-state index contributed by atoms with van der Waals surface area (Å²) < 4.78 is 0. The molecule has 31 heavy (non-hydrogen) atoms. The van der Waals surface area contributed by atoms with E-state index in [2.05, 4.69) is 13.0 Å². The van der Waals surface area contributed by atoms with Gasteiger partial charge in [0.1, 0.15) is 0 Å². The number of allylic oxidation sites excluding steroid dienone is 2. The summed E-state index contributed by atoms with van der Waals surface area (Å²) in [5, 5.41) is 0. The lowest BCUT2D eigenvalue weighted by molar-refractivity contribution is -0.114. The molecule has 0 unspecified atom stereocenters. The van der Waals surface area contributed by atoms with E-state index in [-0.39, 0.29) is 0 Å². The third-order valence-corrected chi connectivity index (χ3v) is 6.60. The van der Waals surface area contributed by atoms with Crippen molar-refractivity contribution in [2.75, 3.05) is 5.88 Å². The van der Waals surface area contributed by atoms with Crippen LogP contribution in [0.1, 0.15) is 161 Å². The van der Waals surface area contributed by atoms with E-state index in [4.69, 9.17) is 11.6 Å². The maximum Gasteiger partial charge on any atom is 0.155 e. The maximum absolute atomic E-state index is 11.8. The minimum atomic E-state index is 0.299. The van der Waals surface area contributed by atoms with Gasteiger partial charge in [-0.3, -0.25) is 4.79 Å². The van der Waals surface area contributed by atoms with E-state index in [0.29, 0.717) is 12.2 Å². The molecule has 0 aliphatic rings. The van der Waals surface area contributed by atoms with Crippen LogP contribution >= 0.6 is 11.6 Å². The van der Waals surface area contributed by atoms with E-state index in [1.807, 2.05) is 6.08 Å². The average molecular weight is 455 g/mol. The van der Waals surface area contributed by atoms with Crippen molar-refractivity contribution in [1.82, 2.24) is 0 Å². The third-order valence-electron chi connectivity index (χ3n) is 6.33. The Balaban J connectivity index is 3.15. The van der Waals surface area contributed by atoms with Gasteiger partial charge in [0.2, 0.25) is 0 Å². The fourth-order valence-electron chi connectivity index (χ4n) is 4.21. The normalized spacial score (nSPS) is 11.5. The van der Waals surface area contributed by atoms with Gasteiger partial charge in [-0.25, -0.2) is 0 Å². The summed E-state index contributed by atoms with van der Waals surface area (Å²) in [7, 11) is 0. The molecule has 0 spiro atoms. The van der Waals surface area contributed by atoms with E-state index in [0.717, 1.165) is 38.0 Å². The topological polar surface area (TPSA) is 17.1 Å². The summed E-state index contributed by atoms with van der Waals surface area (Å²) in [5.41, 5.74) is 0. The molecular weight excluding hydrogens is 400 g/mol. The van der Waals surface area contributed by atoms with Gasteiger partial charge in [-0.1, -0.05) is 135 Å². The van der Waals surface area contributed by atoms with Crippen molar-refractivity contribution in [3.8, 4) is 0 Å². The van der Waals surface area contributed by atoms with Gasteiger partial charge in [0.15, 0.2) is 5.78 Å². The van der Waals surface area contributed by atoms with E-state index < -0.39 is 0 Å². The molecule has 1 nitrogen and oxygen atoms in total. The summed E-state index contributed by atoms with van der Waals surface area (Å²) in [4.78, 5) is 11.8. The number of hydrogen-bond acceptors (Lipinski definition) is 1. The number of carbonyl (C=O) groups excluding carboxylic acids is 1.